The molecular formula is C9H9BrClIO2. The molecule has 0 aliphatic heterocycles. The second-order valence-corrected chi connectivity index (χ2v) is 4.96. The first-order valence-corrected chi connectivity index (χ1v) is 6.16. The van der Waals surface area contributed by atoms with E-state index in [2.05, 4.69) is 38.5 Å². The monoisotopic (exact) mass is 390 g/mol. The number of rotatable bonds is 4. The molecule has 2 nitrogen and oxygen atoms in total. The molecule has 1 aromatic carbocycles. The molecule has 0 aliphatic rings. The number of hydrogen-bond donors (Lipinski definition) is 0. The van der Waals surface area contributed by atoms with Gasteiger partial charge in [-0.05, 0) is 50.7 Å². The molecule has 0 saturated carbocycles. The highest BCUT2D eigenvalue weighted by Gasteiger charge is 2.05. The highest BCUT2D eigenvalue weighted by molar-refractivity contribution is 14.1. The van der Waals surface area contributed by atoms with Gasteiger partial charge in [-0.15, -0.1) is 0 Å². The first-order chi connectivity index (χ1) is 6.65. The van der Waals surface area contributed by atoms with Crippen LogP contribution in [-0.4, -0.2) is 20.3 Å². The third-order valence-electron chi connectivity index (χ3n) is 1.52. The SMILES string of the molecule is COCCOc1cc(I)c(Br)cc1Cl. The van der Waals surface area contributed by atoms with Crippen molar-refractivity contribution in [1.29, 1.82) is 0 Å². The Hall–Kier alpha value is 0.480. The first-order valence-electron chi connectivity index (χ1n) is 3.91. The van der Waals surface area contributed by atoms with E-state index in [0.29, 0.717) is 24.0 Å². The fourth-order valence-electron chi connectivity index (χ4n) is 0.850. The molecule has 0 amide bonds. The molecule has 0 aromatic heterocycles. The van der Waals surface area contributed by atoms with Gasteiger partial charge in [-0.25, -0.2) is 0 Å². The van der Waals surface area contributed by atoms with E-state index in [-0.39, 0.29) is 0 Å². The van der Waals surface area contributed by atoms with E-state index < -0.39 is 0 Å². The molecule has 0 atom stereocenters. The van der Waals surface area contributed by atoms with E-state index in [4.69, 9.17) is 21.1 Å². The van der Waals surface area contributed by atoms with Crippen LogP contribution in [0.3, 0.4) is 0 Å². The average Bonchev–Trinajstić information content (AvgIpc) is 2.14. The largest absolute Gasteiger partial charge is 0.490 e. The van der Waals surface area contributed by atoms with Crippen LogP contribution in [0.25, 0.3) is 0 Å². The van der Waals surface area contributed by atoms with Gasteiger partial charge in [-0.3, -0.25) is 0 Å². The standard InChI is InChI=1S/C9H9BrClIO2/c1-13-2-3-14-9-5-8(12)6(10)4-7(9)11/h4-5H,2-3H2,1H3. The molecule has 0 unspecified atom stereocenters. The predicted molar refractivity (Wildman–Crippen MR) is 69.2 cm³/mol. The fraction of sp³-hybridized carbons (Fsp3) is 0.333. The highest BCUT2D eigenvalue weighted by atomic mass is 127. The zero-order valence-electron chi connectivity index (χ0n) is 7.52. The first kappa shape index (κ1) is 12.5. The molecule has 1 aromatic rings. The van der Waals surface area contributed by atoms with Crippen LogP contribution in [0.1, 0.15) is 0 Å². The van der Waals surface area contributed by atoms with Crippen molar-refractivity contribution in [3.63, 3.8) is 0 Å². The van der Waals surface area contributed by atoms with E-state index in [0.717, 1.165) is 8.04 Å². The molecule has 0 fully saturated rings. The third kappa shape index (κ3) is 3.56. The van der Waals surface area contributed by atoms with E-state index in [1.54, 1.807) is 7.11 Å². The van der Waals surface area contributed by atoms with E-state index in [1.807, 2.05) is 12.1 Å². The summed E-state index contributed by atoms with van der Waals surface area (Å²) >= 11 is 11.6. The quantitative estimate of drug-likeness (QED) is 0.442. The van der Waals surface area contributed by atoms with Crippen molar-refractivity contribution in [3.05, 3.63) is 25.2 Å². The average molecular weight is 391 g/mol. The molecule has 14 heavy (non-hydrogen) atoms. The zero-order valence-corrected chi connectivity index (χ0v) is 12.0. The summed E-state index contributed by atoms with van der Waals surface area (Å²) in [6.45, 7) is 1.07. The minimum Gasteiger partial charge on any atom is -0.490 e. The van der Waals surface area contributed by atoms with Crippen molar-refractivity contribution in [2.75, 3.05) is 20.3 Å². The van der Waals surface area contributed by atoms with Crippen LogP contribution in [0.5, 0.6) is 5.75 Å². The molecule has 0 saturated heterocycles. The van der Waals surface area contributed by atoms with Crippen LogP contribution in [0.2, 0.25) is 5.02 Å². The maximum Gasteiger partial charge on any atom is 0.139 e. The van der Waals surface area contributed by atoms with Crippen molar-refractivity contribution < 1.29 is 9.47 Å². The third-order valence-corrected chi connectivity index (χ3v) is 4.11. The van der Waals surface area contributed by atoms with Gasteiger partial charge in [0.2, 0.25) is 0 Å². The summed E-state index contributed by atoms with van der Waals surface area (Å²) in [7, 11) is 1.64. The number of hydrogen-bond acceptors (Lipinski definition) is 2. The van der Waals surface area contributed by atoms with Crippen molar-refractivity contribution >= 4 is 50.1 Å². The Kier molecular flexibility index (Phi) is 5.51. The van der Waals surface area contributed by atoms with Crippen molar-refractivity contribution in [3.8, 4) is 5.75 Å². The molecule has 0 heterocycles. The second-order valence-electron chi connectivity index (χ2n) is 2.54. The zero-order chi connectivity index (χ0) is 10.6. The van der Waals surface area contributed by atoms with Crippen molar-refractivity contribution in [1.82, 2.24) is 0 Å². The van der Waals surface area contributed by atoms with Gasteiger partial charge in [-0.1, -0.05) is 11.6 Å². The molecule has 5 heteroatoms. The van der Waals surface area contributed by atoms with Gasteiger partial charge in [0.25, 0.3) is 0 Å². The molecular weight excluding hydrogens is 382 g/mol. The molecule has 0 bridgehead atoms. The molecule has 0 radical (unpaired) electrons. The molecule has 1 rings (SSSR count). The summed E-state index contributed by atoms with van der Waals surface area (Å²) in [5.74, 6) is 0.691. The lowest BCUT2D eigenvalue weighted by Crippen LogP contribution is -2.04. The van der Waals surface area contributed by atoms with Crippen LogP contribution in [0.4, 0.5) is 0 Å². The molecule has 0 spiro atoms. The van der Waals surface area contributed by atoms with Crippen molar-refractivity contribution in [2.24, 2.45) is 0 Å². The number of benzene rings is 1. The van der Waals surface area contributed by atoms with Gasteiger partial charge in [0, 0.05) is 15.2 Å². The van der Waals surface area contributed by atoms with E-state index in [1.165, 1.54) is 0 Å². The highest BCUT2D eigenvalue weighted by Crippen LogP contribution is 2.31. The summed E-state index contributed by atoms with van der Waals surface area (Å²) in [6, 6.07) is 3.72. The summed E-state index contributed by atoms with van der Waals surface area (Å²) in [5.41, 5.74) is 0. The Morgan fingerprint density at radius 3 is 2.79 bits per heavy atom. The number of halogens is 3. The van der Waals surface area contributed by atoms with E-state index >= 15 is 0 Å². The lowest BCUT2D eigenvalue weighted by Gasteiger charge is -2.08. The molecule has 78 valence electrons. The maximum absolute atomic E-state index is 5.98. The Balaban J connectivity index is 2.72. The number of methoxy groups -OCH3 is 1. The topological polar surface area (TPSA) is 18.5 Å². The minimum absolute atomic E-state index is 0.508. The van der Waals surface area contributed by atoms with Crippen LogP contribution in [0, 0.1) is 3.57 Å². The normalized spacial score (nSPS) is 10.3. The molecule has 0 aliphatic carbocycles. The smallest absolute Gasteiger partial charge is 0.139 e. The second kappa shape index (κ2) is 6.15. The summed E-state index contributed by atoms with van der Waals surface area (Å²) < 4.78 is 12.4. The van der Waals surface area contributed by atoms with Gasteiger partial charge in [0.15, 0.2) is 0 Å². The van der Waals surface area contributed by atoms with Crippen LogP contribution in [0.15, 0.2) is 16.6 Å². The van der Waals surface area contributed by atoms with Crippen molar-refractivity contribution in [2.45, 2.75) is 0 Å². The summed E-state index contributed by atoms with van der Waals surface area (Å²) in [6.07, 6.45) is 0. The predicted octanol–water partition coefficient (Wildman–Crippen LogP) is 3.73. The van der Waals surface area contributed by atoms with Gasteiger partial charge >= 0.3 is 0 Å². The van der Waals surface area contributed by atoms with Crippen LogP contribution in [-0.2, 0) is 4.74 Å². The number of ether oxygens (including phenoxy) is 2. The van der Waals surface area contributed by atoms with E-state index in [9.17, 15) is 0 Å². The molecule has 0 N–H and O–H groups in total. The summed E-state index contributed by atoms with van der Waals surface area (Å²) in [5, 5.41) is 0.605. The lowest BCUT2D eigenvalue weighted by atomic mass is 10.3. The Bertz CT molecular complexity index is 320. The van der Waals surface area contributed by atoms with Gasteiger partial charge in [0.05, 0.1) is 11.6 Å². The summed E-state index contributed by atoms with van der Waals surface area (Å²) in [4.78, 5) is 0. The minimum atomic E-state index is 0.508. The van der Waals surface area contributed by atoms with Crippen LogP contribution < -0.4 is 4.74 Å². The van der Waals surface area contributed by atoms with Gasteiger partial charge < -0.3 is 9.47 Å². The Morgan fingerprint density at radius 1 is 1.43 bits per heavy atom. The Morgan fingerprint density at radius 2 is 2.14 bits per heavy atom. The Labute approximate surface area is 110 Å². The van der Waals surface area contributed by atoms with Crippen LogP contribution >= 0.6 is 50.1 Å². The van der Waals surface area contributed by atoms with Gasteiger partial charge in [0.1, 0.15) is 12.4 Å². The lowest BCUT2D eigenvalue weighted by molar-refractivity contribution is 0.146. The fourth-order valence-corrected chi connectivity index (χ4v) is 1.98. The van der Waals surface area contributed by atoms with Gasteiger partial charge in [-0.2, -0.15) is 0 Å². The maximum atomic E-state index is 5.98.